The van der Waals surface area contributed by atoms with Crippen molar-refractivity contribution < 1.29 is 23.5 Å². The molecule has 1 aliphatic heterocycles. The number of pyridine rings is 1. The van der Waals surface area contributed by atoms with E-state index in [4.69, 9.17) is 4.74 Å². The second-order valence-corrected chi connectivity index (χ2v) is 9.02. The van der Waals surface area contributed by atoms with Crippen molar-refractivity contribution in [1.82, 2.24) is 15.2 Å². The standard InChI is InChI=1S/C30H25FN4O4/c31-24-12-8-23(9-13-24)28(36)34-25-14-10-22(11-15-25)27-26(29(37)33-18-21-7-4-16-32-17-21)35(30(38)39-27)19-20-5-2-1-3-6-20/h1-17,26-27H,18-19H2,(H,33,37)(H,34,36). The Hall–Kier alpha value is -5.05. The number of carbonyl (C=O) groups is 3. The van der Waals surface area contributed by atoms with E-state index in [1.54, 1.807) is 42.7 Å². The summed E-state index contributed by atoms with van der Waals surface area (Å²) >= 11 is 0. The second-order valence-electron chi connectivity index (χ2n) is 9.02. The Kier molecular flexibility index (Phi) is 7.58. The molecule has 5 rings (SSSR count). The zero-order valence-electron chi connectivity index (χ0n) is 20.8. The van der Waals surface area contributed by atoms with Gasteiger partial charge >= 0.3 is 6.09 Å². The van der Waals surface area contributed by atoms with E-state index in [2.05, 4.69) is 15.6 Å². The van der Waals surface area contributed by atoms with Crippen LogP contribution in [0.15, 0.2) is 103 Å². The molecule has 2 atom stereocenters. The fourth-order valence-corrected chi connectivity index (χ4v) is 4.35. The van der Waals surface area contributed by atoms with Crippen LogP contribution in [0.4, 0.5) is 14.9 Å². The van der Waals surface area contributed by atoms with Gasteiger partial charge in [-0.05, 0) is 59.2 Å². The number of ether oxygens (including phenoxy) is 1. The number of aromatic nitrogens is 1. The first-order valence-electron chi connectivity index (χ1n) is 12.3. The van der Waals surface area contributed by atoms with Crippen molar-refractivity contribution in [3.8, 4) is 0 Å². The lowest BCUT2D eigenvalue weighted by Gasteiger charge is -2.24. The average Bonchev–Trinajstić information content (AvgIpc) is 3.29. The highest BCUT2D eigenvalue weighted by molar-refractivity contribution is 6.04. The van der Waals surface area contributed by atoms with E-state index in [-0.39, 0.29) is 19.0 Å². The van der Waals surface area contributed by atoms with Crippen molar-refractivity contribution in [3.63, 3.8) is 0 Å². The molecule has 0 saturated carbocycles. The predicted octanol–water partition coefficient (Wildman–Crippen LogP) is 4.85. The molecule has 0 spiro atoms. The number of cyclic esters (lactones) is 1. The van der Waals surface area contributed by atoms with E-state index in [1.165, 1.54) is 29.2 Å². The van der Waals surface area contributed by atoms with Crippen LogP contribution in [0.3, 0.4) is 0 Å². The molecule has 1 saturated heterocycles. The molecule has 0 radical (unpaired) electrons. The summed E-state index contributed by atoms with van der Waals surface area (Å²) in [6.45, 7) is 0.449. The van der Waals surface area contributed by atoms with Gasteiger partial charge in [0, 0.05) is 30.2 Å². The van der Waals surface area contributed by atoms with Crippen LogP contribution in [0.5, 0.6) is 0 Å². The molecule has 8 nitrogen and oxygen atoms in total. The topological polar surface area (TPSA) is 101 Å². The molecule has 3 amide bonds. The normalized spacial score (nSPS) is 16.4. The summed E-state index contributed by atoms with van der Waals surface area (Å²) in [4.78, 5) is 44.4. The number of halogens is 1. The summed E-state index contributed by atoms with van der Waals surface area (Å²) in [5.74, 6) is -1.18. The molecule has 2 heterocycles. The Labute approximate surface area is 224 Å². The van der Waals surface area contributed by atoms with E-state index >= 15 is 0 Å². The molecule has 1 aliphatic rings. The quantitative estimate of drug-likeness (QED) is 0.343. The van der Waals surface area contributed by atoms with Crippen LogP contribution in [0, 0.1) is 5.82 Å². The maximum absolute atomic E-state index is 13.5. The molecule has 1 aromatic heterocycles. The van der Waals surface area contributed by atoms with Crippen LogP contribution in [0.2, 0.25) is 0 Å². The highest BCUT2D eigenvalue weighted by Gasteiger charge is 2.46. The van der Waals surface area contributed by atoms with Gasteiger partial charge in [0.2, 0.25) is 5.91 Å². The molecule has 2 unspecified atom stereocenters. The molecule has 2 N–H and O–H groups in total. The summed E-state index contributed by atoms with van der Waals surface area (Å²) < 4.78 is 18.9. The molecule has 0 bridgehead atoms. The Bertz CT molecular complexity index is 1450. The first-order chi connectivity index (χ1) is 19.0. The number of benzene rings is 3. The molecule has 1 fully saturated rings. The van der Waals surface area contributed by atoms with Crippen LogP contribution in [-0.2, 0) is 22.6 Å². The minimum Gasteiger partial charge on any atom is -0.438 e. The van der Waals surface area contributed by atoms with Gasteiger partial charge in [0.15, 0.2) is 12.1 Å². The van der Waals surface area contributed by atoms with Crippen molar-refractivity contribution in [2.24, 2.45) is 0 Å². The first kappa shape index (κ1) is 25.6. The van der Waals surface area contributed by atoms with Gasteiger partial charge in [0.25, 0.3) is 5.91 Å². The third-order valence-corrected chi connectivity index (χ3v) is 6.34. The molecular weight excluding hydrogens is 499 g/mol. The number of nitrogens with zero attached hydrogens (tertiary/aromatic N) is 2. The molecule has 0 aliphatic carbocycles. The number of carbonyl (C=O) groups excluding carboxylic acids is 3. The number of nitrogens with one attached hydrogen (secondary N) is 2. The van der Waals surface area contributed by atoms with Crippen LogP contribution in [-0.4, -0.2) is 33.8 Å². The minimum absolute atomic E-state index is 0.201. The second kappa shape index (κ2) is 11.6. The third-order valence-electron chi connectivity index (χ3n) is 6.34. The largest absolute Gasteiger partial charge is 0.438 e. The summed E-state index contributed by atoms with van der Waals surface area (Å²) in [7, 11) is 0. The van der Waals surface area contributed by atoms with Crippen LogP contribution >= 0.6 is 0 Å². The van der Waals surface area contributed by atoms with Gasteiger partial charge in [0.05, 0.1) is 6.54 Å². The maximum Gasteiger partial charge on any atom is 0.411 e. The summed E-state index contributed by atoms with van der Waals surface area (Å²) in [6.07, 6.45) is 1.85. The van der Waals surface area contributed by atoms with Gasteiger partial charge in [-0.2, -0.15) is 0 Å². The highest BCUT2D eigenvalue weighted by Crippen LogP contribution is 2.34. The van der Waals surface area contributed by atoms with E-state index in [9.17, 15) is 18.8 Å². The zero-order chi connectivity index (χ0) is 27.2. The van der Waals surface area contributed by atoms with Gasteiger partial charge in [0.1, 0.15) is 5.82 Å². The van der Waals surface area contributed by atoms with E-state index < -0.39 is 30.0 Å². The monoisotopic (exact) mass is 524 g/mol. The number of anilines is 1. The molecular formula is C30H25FN4O4. The Morgan fingerprint density at radius 2 is 1.62 bits per heavy atom. The van der Waals surface area contributed by atoms with Crippen molar-refractivity contribution in [3.05, 3.63) is 131 Å². The van der Waals surface area contributed by atoms with Crippen LogP contribution in [0.25, 0.3) is 0 Å². The molecule has 3 aromatic carbocycles. The number of rotatable bonds is 8. The fraction of sp³-hybridized carbons (Fsp3) is 0.133. The molecule has 4 aromatic rings. The lowest BCUT2D eigenvalue weighted by Crippen LogP contribution is -2.46. The van der Waals surface area contributed by atoms with Gasteiger partial charge < -0.3 is 15.4 Å². The number of hydrogen-bond donors (Lipinski definition) is 2. The SMILES string of the molecule is O=C(Nc1ccc(C2OC(=O)N(Cc3ccccc3)C2C(=O)NCc2cccnc2)cc1)c1ccc(F)cc1. The Morgan fingerprint density at radius 1 is 0.897 bits per heavy atom. The maximum atomic E-state index is 13.5. The van der Waals surface area contributed by atoms with Crippen molar-refractivity contribution in [2.75, 3.05) is 5.32 Å². The minimum atomic E-state index is -0.922. The summed E-state index contributed by atoms with van der Waals surface area (Å²) in [6, 6.07) is 24.0. The highest BCUT2D eigenvalue weighted by atomic mass is 19.1. The van der Waals surface area contributed by atoms with Gasteiger partial charge in [-0.15, -0.1) is 0 Å². The summed E-state index contributed by atoms with van der Waals surface area (Å²) in [5, 5.41) is 5.65. The first-order valence-corrected chi connectivity index (χ1v) is 12.3. The number of amides is 3. The lowest BCUT2D eigenvalue weighted by atomic mass is 10.00. The Morgan fingerprint density at radius 3 is 2.31 bits per heavy atom. The van der Waals surface area contributed by atoms with E-state index in [0.29, 0.717) is 16.8 Å². The van der Waals surface area contributed by atoms with Crippen molar-refractivity contribution in [2.45, 2.75) is 25.2 Å². The predicted molar refractivity (Wildman–Crippen MR) is 142 cm³/mol. The van der Waals surface area contributed by atoms with Crippen molar-refractivity contribution in [1.29, 1.82) is 0 Å². The Balaban J connectivity index is 1.35. The molecule has 39 heavy (non-hydrogen) atoms. The fourth-order valence-electron chi connectivity index (χ4n) is 4.35. The molecule has 9 heteroatoms. The van der Waals surface area contributed by atoms with Gasteiger partial charge in [-0.3, -0.25) is 19.5 Å². The van der Waals surface area contributed by atoms with E-state index in [1.807, 2.05) is 36.4 Å². The average molecular weight is 525 g/mol. The number of hydrogen-bond acceptors (Lipinski definition) is 5. The summed E-state index contributed by atoms with van der Waals surface area (Å²) in [5.41, 5.74) is 3.09. The van der Waals surface area contributed by atoms with E-state index in [0.717, 1.165) is 11.1 Å². The zero-order valence-corrected chi connectivity index (χ0v) is 20.8. The smallest absolute Gasteiger partial charge is 0.411 e. The third kappa shape index (κ3) is 6.10. The molecule has 196 valence electrons. The van der Waals surface area contributed by atoms with Crippen molar-refractivity contribution >= 4 is 23.6 Å². The van der Waals surface area contributed by atoms with Crippen LogP contribution in [0.1, 0.15) is 33.2 Å². The van der Waals surface area contributed by atoms with Crippen LogP contribution < -0.4 is 10.6 Å². The lowest BCUT2D eigenvalue weighted by molar-refractivity contribution is -0.126. The van der Waals surface area contributed by atoms with Gasteiger partial charge in [-0.1, -0.05) is 48.5 Å². The van der Waals surface area contributed by atoms with Gasteiger partial charge in [-0.25, -0.2) is 9.18 Å².